The van der Waals surface area contributed by atoms with Crippen LogP contribution in [-0.4, -0.2) is 11.3 Å². The van der Waals surface area contributed by atoms with E-state index in [1.54, 1.807) is 6.92 Å². The van der Waals surface area contributed by atoms with Crippen LogP contribution < -0.4 is 5.73 Å². The fourth-order valence-corrected chi connectivity index (χ4v) is 1.61. The highest BCUT2D eigenvalue weighted by Gasteiger charge is 2.19. The first-order chi connectivity index (χ1) is 6.99. The second-order valence-corrected chi connectivity index (χ2v) is 4.52. The maximum Gasteiger partial charge on any atom is 0.129 e. The molecule has 0 aliphatic heterocycles. The summed E-state index contributed by atoms with van der Waals surface area (Å²) in [7, 11) is 0. The molecule has 0 saturated heterocycles. The van der Waals surface area contributed by atoms with E-state index in [0.717, 1.165) is 12.8 Å². The molecule has 82 valence electrons. The Labute approximate surface area is 91.5 Å². The minimum absolute atomic E-state index is 0.208. The summed E-state index contributed by atoms with van der Waals surface area (Å²) in [6.07, 6.45) is 2.14. The summed E-state index contributed by atoms with van der Waals surface area (Å²) in [6, 6.07) is 10.2. The molecule has 1 unspecified atom stereocenters. The number of hydrogen-bond acceptors (Lipinski definition) is 2. The third-order valence-electron chi connectivity index (χ3n) is 2.50. The van der Waals surface area contributed by atoms with Gasteiger partial charge in [-0.05, 0) is 32.3 Å². The lowest BCUT2D eigenvalue weighted by Gasteiger charge is -2.24. The van der Waals surface area contributed by atoms with Crippen molar-refractivity contribution in [3.8, 4) is 0 Å². The lowest BCUT2D eigenvalue weighted by atomic mass is 9.89. The quantitative estimate of drug-likeness (QED) is 0.801. The molecule has 0 fully saturated rings. The summed E-state index contributed by atoms with van der Waals surface area (Å²) < 4.78 is 0. The zero-order valence-electron chi connectivity index (χ0n) is 9.49. The van der Waals surface area contributed by atoms with Crippen LogP contribution >= 0.6 is 0 Å². The fourth-order valence-electron chi connectivity index (χ4n) is 1.61. The predicted octanol–water partition coefficient (Wildman–Crippen LogP) is 2.32. The molecule has 2 heteroatoms. The molecule has 0 aliphatic carbocycles. The molecule has 0 aromatic heterocycles. The van der Waals surface area contributed by atoms with E-state index in [0.29, 0.717) is 6.42 Å². The number of carbonyl (C=O) groups excluding carboxylic acids is 1. The highest BCUT2D eigenvalue weighted by atomic mass is 16.1. The van der Waals surface area contributed by atoms with Crippen molar-refractivity contribution in [3.63, 3.8) is 0 Å². The summed E-state index contributed by atoms with van der Waals surface area (Å²) in [5.41, 5.74) is 7.09. The van der Waals surface area contributed by atoms with Gasteiger partial charge in [-0.2, -0.15) is 0 Å². The Morgan fingerprint density at radius 2 is 1.93 bits per heavy atom. The van der Waals surface area contributed by atoms with Gasteiger partial charge >= 0.3 is 0 Å². The van der Waals surface area contributed by atoms with Gasteiger partial charge in [-0.25, -0.2) is 0 Å². The molecule has 0 radical (unpaired) electrons. The topological polar surface area (TPSA) is 43.1 Å². The van der Waals surface area contributed by atoms with Gasteiger partial charge in [0.1, 0.15) is 5.78 Å². The van der Waals surface area contributed by atoms with Crippen LogP contribution in [-0.2, 0) is 11.2 Å². The van der Waals surface area contributed by atoms with E-state index in [2.05, 4.69) is 12.1 Å². The Morgan fingerprint density at radius 3 is 2.47 bits per heavy atom. The second kappa shape index (κ2) is 5.08. The fraction of sp³-hybridized carbons (Fsp3) is 0.462. The minimum atomic E-state index is -0.285. The van der Waals surface area contributed by atoms with Gasteiger partial charge in [0.25, 0.3) is 0 Å². The van der Waals surface area contributed by atoms with E-state index in [9.17, 15) is 4.79 Å². The van der Waals surface area contributed by atoms with Gasteiger partial charge in [0.15, 0.2) is 0 Å². The van der Waals surface area contributed by atoms with E-state index in [-0.39, 0.29) is 11.3 Å². The molecule has 1 atom stereocenters. The van der Waals surface area contributed by atoms with Crippen LogP contribution in [0.4, 0.5) is 0 Å². The van der Waals surface area contributed by atoms with Gasteiger partial charge in [-0.3, -0.25) is 0 Å². The number of carbonyl (C=O) groups is 1. The molecular formula is C13H19NO. The van der Waals surface area contributed by atoms with Crippen LogP contribution in [0, 0.1) is 0 Å². The van der Waals surface area contributed by atoms with Crippen molar-refractivity contribution < 1.29 is 4.79 Å². The summed E-state index contributed by atoms with van der Waals surface area (Å²) in [5.74, 6) is 0.208. The van der Waals surface area contributed by atoms with Crippen LogP contribution in [0.25, 0.3) is 0 Å². The van der Waals surface area contributed by atoms with Gasteiger partial charge in [-0.15, -0.1) is 0 Å². The molecule has 2 nitrogen and oxygen atoms in total. The number of benzene rings is 1. The van der Waals surface area contributed by atoms with Crippen LogP contribution in [0.5, 0.6) is 0 Å². The smallest absolute Gasteiger partial charge is 0.129 e. The van der Waals surface area contributed by atoms with Crippen molar-refractivity contribution in [1.82, 2.24) is 0 Å². The van der Waals surface area contributed by atoms with Crippen molar-refractivity contribution in [2.45, 2.75) is 38.6 Å². The van der Waals surface area contributed by atoms with E-state index in [1.165, 1.54) is 5.56 Å². The Bertz CT molecular complexity index is 317. The van der Waals surface area contributed by atoms with Gasteiger partial charge in [0.2, 0.25) is 0 Å². The first-order valence-corrected chi connectivity index (χ1v) is 5.32. The van der Waals surface area contributed by atoms with Crippen molar-refractivity contribution in [3.05, 3.63) is 35.9 Å². The molecule has 0 aliphatic rings. The van der Waals surface area contributed by atoms with Crippen molar-refractivity contribution in [1.29, 1.82) is 0 Å². The molecule has 2 N–H and O–H groups in total. The van der Waals surface area contributed by atoms with Gasteiger partial charge < -0.3 is 10.5 Å². The normalized spacial score (nSPS) is 14.6. The Balaban J connectivity index is 2.52. The SMILES string of the molecule is CC(=O)CCC(C)(N)Cc1ccccc1. The molecule has 15 heavy (non-hydrogen) atoms. The Kier molecular flexibility index (Phi) is 4.04. The standard InChI is InChI=1S/C13H19NO/c1-11(15)8-9-13(2,14)10-12-6-4-3-5-7-12/h3-7H,8-10,14H2,1-2H3. The van der Waals surface area contributed by atoms with Crippen LogP contribution in [0.3, 0.4) is 0 Å². The molecule has 0 bridgehead atoms. The first-order valence-electron chi connectivity index (χ1n) is 5.32. The molecule has 0 heterocycles. The summed E-state index contributed by atoms with van der Waals surface area (Å²) >= 11 is 0. The Morgan fingerprint density at radius 1 is 1.33 bits per heavy atom. The van der Waals surface area contributed by atoms with Crippen LogP contribution in [0.15, 0.2) is 30.3 Å². The lowest BCUT2D eigenvalue weighted by molar-refractivity contribution is -0.117. The first kappa shape index (κ1) is 11.9. The van der Waals surface area contributed by atoms with E-state index >= 15 is 0 Å². The number of nitrogens with two attached hydrogens (primary N) is 1. The molecule has 0 saturated carbocycles. The molecule has 1 rings (SSSR count). The van der Waals surface area contributed by atoms with Crippen molar-refractivity contribution >= 4 is 5.78 Å². The Hall–Kier alpha value is -1.15. The number of ketones is 1. The molecule has 0 amide bonds. The zero-order chi connectivity index (χ0) is 11.3. The van der Waals surface area contributed by atoms with Crippen LogP contribution in [0.1, 0.15) is 32.3 Å². The molecule has 1 aromatic carbocycles. The minimum Gasteiger partial charge on any atom is -0.325 e. The third kappa shape index (κ3) is 4.75. The average Bonchev–Trinajstić information content (AvgIpc) is 2.16. The largest absolute Gasteiger partial charge is 0.325 e. The monoisotopic (exact) mass is 205 g/mol. The second-order valence-electron chi connectivity index (χ2n) is 4.52. The highest BCUT2D eigenvalue weighted by Crippen LogP contribution is 2.16. The van der Waals surface area contributed by atoms with Gasteiger partial charge in [-0.1, -0.05) is 30.3 Å². The van der Waals surface area contributed by atoms with Crippen molar-refractivity contribution in [2.75, 3.05) is 0 Å². The lowest BCUT2D eigenvalue weighted by Crippen LogP contribution is -2.38. The van der Waals surface area contributed by atoms with E-state index < -0.39 is 0 Å². The third-order valence-corrected chi connectivity index (χ3v) is 2.50. The van der Waals surface area contributed by atoms with Gasteiger partial charge in [0.05, 0.1) is 0 Å². The summed E-state index contributed by atoms with van der Waals surface area (Å²) in [6.45, 7) is 3.61. The van der Waals surface area contributed by atoms with Crippen molar-refractivity contribution in [2.24, 2.45) is 5.73 Å². The maximum atomic E-state index is 10.9. The number of hydrogen-bond donors (Lipinski definition) is 1. The zero-order valence-corrected chi connectivity index (χ0v) is 9.49. The van der Waals surface area contributed by atoms with Gasteiger partial charge in [0, 0.05) is 12.0 Å². The summed E-state index contributed by atoms with van der Waals surface area (Å²) in [4.78, 5) is 10.9. The highest BCUT2D eigenvalue weighted by molar-refractivity contribution is 5.75. The molecule has 1 aromatic rings. The molecule has 0 spiro atoms. The number of Topliss-reactive ketones (excluding diaryl/α,β-unsaturated/α-hetero) is 1. The number of rotatable bonds is 5. The summed E-state index contributed by atoms with van der Waals surface area (Å²) in [5, 5.41) is 0. The maximum absolute atomic E-state index is 10.9. The average molecular weight is 205 g/mol. The molecular weight excluding hydrogens is 186 g/mol. The van der Waals surface area contributed by atoms with E-state index in [1.807, 2.05) is 25.1 Å². The predicted molar refractivity (Wildman–Crippen MR) is 62.7 cm³/mol. The van der Waals surface area contributed by atoms with Crippen LogP contribution in [0.2, 0.25) is 0 Å². The van der Waals surface area contributed by atoms with E-state index in [4.69, 9.17) is 5.73 Å².